The molecule has 1 nitrogen and oxygen atoms in total. The van der Waals surface area contributed by atoms with Gasteiger partial charge in [-0.3, -0.25) is 0 Å². The first-order chi connectivity index (χ1) is 10.4. The minimum Gasteiger partial charge on any atom is -0.418 e. The maximum absolute atomic E-state index is 5.87. The SMILES string of the molecule is C[Si](C)(C)OCCCCCCCCCCc1cc(Br)sc1Br. The molecule has 0 radical (unpaired) electrons. The van der Waals surface area contributed by atoms with Gasteiger partial charge in [0.25, 0.3) is 0 Å². The van der Waals surface area contributed by atoms with Crippen LogP contribution in [0.3, 0.4) is 0 Å². The first kappa shape index (κ1) is 20.9. The molecule has 0 bridgehead atoms. The molecule has 22 heavy (non-hydrogen) atoms. The predicted octanol–water partition coefficient (Wildman–Crippen LogP) is 7.79. The van der Waals surface area contributed by atoms with Gasteiger partial charge in [0, 0.05) is 6.61 Å². The van der Waals surface area contributed by atoms with E-state index in [4.69, 9.17) is 4.43 Å². The molecule has 1 aromatic rings. The first-order valence-corrected chi connectivity index (χ1v) is 14.3. The molecule has 0 N–H and O–H groups in total. The molecule has 0 saturated carbocycles. The summed E-state index contributed by atoms with van der Waals surface area (Å²) in [6, 6.07) is 2.25. The monoisotopic (exact) mass is 468 g/mol. The van der Waals surface area contributed by atoms with Gasteiger partial charge in [-0.15, -0.1) is 11.3 Å². The molecular weight excluding hydrogens is 440 g/mol. The Kier molecular flexibility index (Phi) is 10.8. The highest BCUT2D eigenvalue weighted by atomic mass is 79.9. The maximum atomic E-state index is 5.87. The highest BCUT2D eigenvalue weighted by Gasteiger charge is 2.12. The van der Waals surface area contributed by atoms with Crippen LogP contribution in [0.5, 0.6) is 0 Å². The Hall–Kier alpha value is 0.837. The van der Waals surface area contributed by atoms with Gasteiger partial charge in [-0.05, 0) is 82.4 Å². The standard InChI is InChI=1S/C17H30Br2OSSi/c1-22(2,3)20-13-11-9-7-5-4-6-8-10-12-15-14-16(18)21-17(15)19/h14H,4-13H2,1-3H3. The molecule has 0 fully saturated rings. The average molecular weight is 470 g/mol. The fourth-order valence-electron chi connectivity index (χ4n) is 2.40. The fourth-order valence-corrected chi connectivity index (χ4v) is 6.07. The lowest BCUT2D eigenvalue weighted by atomic mass is 10.1. The van der Waals surface area contributed by atoms with Gasteiger partial charge in [0.05, 0.1) is 7.57 Å². The molecule has 0 spiro atoms. The van der Waals surface area contributed by atoms with Crippen molar-refractivity contribution in [3.8, 4) is 0 Å². The molecule has 0 aliphatic rings. The van der Waals surface area contributed by atoms with Gasteiger partial charge in [-0.25, -0.2) is 0 Å². The Bertz CT molecular complexity index is 415. The fraction of sp³-hybridized carbons (Fsp3) is 0.765. The highest BCUT2D eigenvalue weighted by molar-refractivity contribution is 9.12. The van der Waals surface area contributed by atoms with Crippen LogP contribution < -0.4 is 0 Å². The normalized spacial score (nSPS) is 12.0. The van der Waals surface area contributed by atoms with Gasteiger partial charge < -0.3 is 4.43 Å². The van der Waals surface area contributed by atoms with Gasteiger partial charge in [0.2, 0.25) is 0 Å². The summed E-state index contributed by atoms with van der Waals surface area (Å²) in [4.78, 5) is 0. The Morgan fingerprint density at radius 3 is 1.95 bits per heavy atom. The quantitative estimate of drug-likeness (QED) is 0.224. The molecule has 1 rings (SSSR count). The van der Waals surface area contributed by atoms with E-state index in [2.05, 4.69) is 57.6 Å². The lowest BCUT2D eigenvalue weighted by molar-refractivity contribution is 0.298. The molecule has 128 valence electrons. The molecular formula is C17H30Br2OSSi. The minimum atomic E-state index is -1.28. The Labute approximate surface area is 158 Å². The van der Waals surface area contributed by atoms with E-state index in [-0.39, 0.29) is 0 Å². The molecule has 0 atom stereocenters. The zero-order chi connectivity index (χ0) is 16.4. The van der Waals surface area contributed by atoms with E-state index in [9.17, 15) is 0 Å². The van der Waals surface area contributed by atoms with Crippen molar-refractivity contribution in [2.75, 3.05) is 6.61 Å². The van der Waals surface area contributed by atoms with Crippen LogP contribution in [0.25, 0.3) is 0 Å². The van der Waals surface area contributed by atoms with E-state index < -0.39 is 8.32 Å². The van der Waals surface area contributed by atoms with E-state index in [1.165, 1.54) is 70.9 Å². The zero-order valence-corrected chi connectivity index (χ0v) is 19.2. The number of thiophene rings is 1. The molecule has 0 aliphatic carbocycles. The summed E-state index contributed by atoms with van der Waals surface area (Å²) in [5, 5.41) is 0. The second-order valence-electron chi connectivity index (χ2n) is 6.89. The Morgan fingerprint density at radius 2 is 1.45 bits per heavy atom. The van der Waals surface area contributed by atoms with E-state index >= 15 is 0 Å². The molecule has 1 aromatic heterocycles. The van der Waals surface area contributed by atoms with E-state index in [1.54, 1.807) is 11.3 Å². The molecule has 0 aromatic carbocycles. The van der Waals surface area contributed by atoms with Gasteiger partial charge in [0.15, 0.2) is 8.32 Å². The van der Waals surface area contributed by atoms with Crippen molar-refractivity contribution < 1.29 is 4.43 Å². The summed E-state index contributed by atoms with van der Waals surface area (Å²) in [6.07, 6.45) is 12.0. The predicted molar refractivity (Wildman–Crippen MR) is 110 cm³/mol. The summed E-state index contributed by atoms with van der Waals surface area (Å²) >= 11 is 8.96. The van der Waals surface area contributed by atoms with Crippen molar-refractivity contribution in [2.45, 2.75) is 77.4 Å². The van der Waals surface area contributed by atoms with Crippen molar-refractivity contribution in [3.63, 3.8) is 0 Å². The summed E-state index contributed by atoms with van der Waals surface area (Å²) in [7, 11) is -1.28. The maximum Gasteiger partial charge on any atom is 0.183 e. The zero-order valence-electron chi connectivity index (χ0n) is 14.2. The molecule has 0 saturated heterocycles. The third kappa shape index (κ3) is 10.6. The lowest BCUT2D eigenvalue weighted by Crippen LogP contribution is -2.25. The van der Waals surface area contributed by atoms with Crippen LogP contribution in [0.15, 0.2) is 13.6 Å². The first-order valence-electron chi connectivity index (χ1n) is 8.46. The molecule has 0 aliphatic heterocycles. The second kappa shape index (κ2) is 11.4. The number of aryl methyl sites for hydroxylation is 1. The van der Waals surface area contributed by atoms with Crippen LogP contribution in [0, 0.1) is 0 Å². The summed E-state index contributed by atoms with van der Waals surface area (Å²) in [6.45, 7) is 7.77. The molecule has 0 amide bonds. The number of rotatable bonds is 12. The molecule has 0 unspecified atom stereocenters. The van der Waals surface area contributed by atoms with Crippen LogP contribution in [0.2, 0.25) is 19.6 Å². The summed E-state index contributed by atoms with van der Waals surface area (Å²) in [5.41, 5.74) is 1.46. The van der Waals surface area contributed by atoms with Gasteiger partial charge >= 0.3 is 0 Å². The van der Waals surface area contributed by atoms with Crippen molar-refractivity contribution in [2.24, 2.45) is 0 Å². The summed E-state index contributed by atoms with van der Waals surface area (Å²) < 4.78 is 8.40. The van der Waals surface area contributed by atoms with Crippen molar-refractivity contribution >= 4 is 51.5 Å². The number of hydrogen-bond acceptors (Lipinski definition) is 2. The number of hydrogen-bond donors (Lipinski definition) is 0. The van der Waals surface area contributed by atoms with Crippen LogP contribution in [-0.4, -0.2) is 14.9 Å². The van der Waals surface area contributed by atoms with Gasteiger partial charge in [-0.1, -0.05) is 38.5 Å². The van der Waals surface area contributed by atoms with Crippen LogP contribution in [-0.2, 0) is 10.8 Å². The van der Waals surface area contributed by atoms with Crippen LogP contribution in [0.1, 0.15) is 56.9 Å². The largest absolute Gasteiger partial charge is 0.418 e. The summed E-state index contributed by atoms with van der Waals surface area (Å²) in [5.74, 6) is 0. The van der Waals surface area contributed by atoms with Gasteiger partial charge in [-0.2, -0.15) is 0 Å². The third-order valence-corrected chi connectivity index (χ3v) is 7.14. The van der Waals surface area contributed by atoms with Crippen molar-refractivity contribution in [1.82, 2.24) is 0 Å². The van der Waals surface area contributed by atoms with Gasteiger partial charge in [0.1, 0.15) is 0 Å². The molecule has 5 heteroatoms. The van der Waals surface area contributed by atoms with E-state index in [0.29, 0.717) is 0 Å². The smallest absolute Gasteiger partial charge is 0.183 e. The second-order valence-corrected chi connectivity index (χ2v) is 15.2. The van der Waals surface area contributed by atoms with Crippen molar-refractivity contribution in [3.05, 3.63) is 19.2 Å². The number of unbranched alkanes of at least 4 members (excludes halogenated alkanes) is 7. The minimum absolute atomic E-state index is 0.973. The highest BCUT2D eigenvalue weighted by Crippen LogP contribution is 2.32. The average Bonchev–Trinajstić information content (AvgIpc) is 2.73. The van der Waals surface area contributed by atoms with Crippen LogP contribution in [0.4, 0.5) is 0 Å². The van der Waals surface area contributed by atoms with Crippen molar-refractivity contribution in [1.29, 1.82) is 0 Å². The number of halogens is 2. The van der Waals surface area contributed by atoms with E-state index in [0.717, 1.165) is 6.61 Å². The lowest BCUT2D eigenvalue weighted by Gasteiger charge is -2.16. The van der Waals surface area contributed by atoms with Crippen LogP contribution >= 0.6 is 43.2 Å². The molecule has 1 heterocycles. The van der Waals surface area contributed by atoms with E-state index in [1.807, 2.05) is 0 Å². The Balaban J connectivity index is 1.87. The Morgan fingerprint density at radius 1 is 0.909 bits per heavy atom. The third-order valence-electron chi connectivity index (χ3n) is 3.60. The topological polar surface area (TPSA) is 9.23 Å².